The third kappa shape index (κ3) is 2.90. The summed E-state index contributed by atoms with van der Waals surface area (Å²) >= 11 is 1.26. The minimum atomic E-state index is -3.58. The molecule has 0 amide bonds. The number of hydrogen-bond donors (Lipinski definition) is 2. The smallest absolute Gasteiger partial charge is 0.271 e. The predicted molar refractivity (Wildman–Crippen MR) is 77.3 cm³/mol. The monoisotopic (exact) mass is 297 g/mol. The van der Waals surface area contributed by atoms with Gasteiger partial charge in [-0.15, -0.1) is 11.3 Å². The van der Waals surface area contributed by atoms with Crippen molar-refractivity contribution in [1.82, 2.24) is 0 Å². The number of nitrogens with one attached hydrogen (secondary N) is 1. The zero-order valence-corrected chi connectivity index (χ0v) is 12.3. The highest BCUT2D eigenvalue weighted by Gasteiger charge is 2.18. The molecular formula is C13H15NO3S2. The van der Waals surface area contributed by atoms with Crippen LogP contribution < -0.4 is 4.72 Å². The number of phenols is 1. The summed E-state index contributed by atoms with van der Waals surface area (Å²) in [5.41, 5.74) is 0.907. The number of aryl methyl sites for hydroxylation is 1. The molecule has 0 unspecified atom stereocenters. The molecule has 1 aromatic carbocycles. The van der Waals surface area contributed by atoms with Crippen LogP contribution >= 0.6 is 11.3 Å². The minimum Gasteiger partial charge on any atom is -0.508 e. The highest BCUT2D eigenvalue weighted by molar-refractivity contribution is 7.94. The van der Waals surface area contributed by atoms with Crippen LogP contribution in [0.15, 0.2) is 34.5 Å². The lowest BCUT2D eigenvalue weighted by molar-refractivity contribution is 0.471. The Bertz CT molecular complexity index is 690. The molecule has 0 radical (unpaired) electrons. The fourth-order valence-electron chi connectivity index (χ4n) is 1.62. The van der Waals surface area contributed by atoms with Crippen molar-refractivity contribution in [3.8, 4) is 5.75 Å². The van der Waals surface area contributed by atoms with Crippen molar-refractivity contribution in [2.45, 2.75) is 24.5 Å². The molecular weight excluding hydrogens is 282 g/mol. The van der Waals surface area contributed by atoms with E-state index in [0.29, 0.717) is 11.3 Å². The van der Waals surface area contributed by atoms with Gasteiger partial charge in [0, 0.05) is 10.4 Å². The first-order valence-corrected chi connectivity index (χ1v) is 8.14. The maximum Gasteiger partial charge on any atom is 0.271 e. The van der Waals surface area contributed by atoms with E-state index < -0.39 is 10.0 Å². The summed E-state index contributed by atoms with van der Waals surface area (Å²) in [5, 5.41) is 9.58. The number of hydrogen-bond acceptors (Lipinski definition) is 4. The maximum absolute atomic E-state index is 12.2. The van der Waals surface area contributed by atoms with Crippen molar-refractivity contribution >= 4 is 27.0 Å². The summed E-state index contributed by atoms with van der Waals surface area (Å²) < 4.78 is 27.2. The van der Waals surface area contributed by atoms with Gasteiger partial charge in [-0.1, -0.05) is 13.0 Å². The van der Waals surface area contributed by atoms with Crippen molar-refractivity contribution < 1.29 is 13.5 Å². The van der Waals surface area contributed by atoms with E-state index in [4.69, 9.17) is 0 Å². The zero-order chi connectivity index (χ0) is 14.0. The molecule has 2 aromatic rings. The predicted octanol–water partition coefficient (Wildman–Crippen LogP) is 3.13. The van der Waals surface area contributed by atoms with Crippen molar-refractivity contribution in [3.05, 3.63) is 40.8 Å². The Morgan fingerprint density at radius 2 is 2.00 bits per heavy atom. The summed E-state index contributed by atoms with van der Waals surface area (Å²) in [5.74, 6) is 0.0700. The Hall–Kier alpha value is -1.53. The van der Waals surface area contributed by atoms with Gasteiger partial charge in [0.2, 0.25) is 0 Å². The van der Waals surface area contributed by atoms with E-state index >= 15 is 0 Å². The van der Waals surface area contributed by atoms with Crippen LogP contribution in [0.5, 0.6) is 5.75 Å². The van der Waals surface area contributed by atoms with Crippen LogP contribution in [0, 0.1) is 6.92 Å². The molecule has 0 aliphatic heterocycles. The van der Waals surface area contributed by atoms with Crippen LogP contribution in [0.3, 0.4) is 0 Å². The molecule has 0 aliphatic rings. The molecule has 2 N–H and O–H groups in total. The number of aromatic hydroxyl groups is 1. The summed E-state index contributed by atoms with van der Waals surface area (Å²) in [7, 11) is -3.58. The molecule has 1 heterocycles. The van der Waals surface area contributed by atoms with E-state index in [1.54, 1.807) is 25.1 Å². The zero-order valence-electron chi connectivity index (χ0n) is 10.7. The molecule has 0 atom stereocenters. The van der Waals surface area contributed by atoms with E-state index in [0.717, 1.165) is 11.3 Å². The van der Waals surface area contributed by atoms with Gasteiger partial charge in [-0.05, 0) is 37.6 Å². The van der Waals surface area contributed by atoms with Crippen LogP contribution in [0.25, 0.3) is 0 Å². The van der Waals surface area contributed by atoms with Gasteiger partial charge in [-0.25, -0.2) is 8.42 Å². The standard InChI is InChI=1S/C13H15NO3S2/c1-3-10-7-8-13(18-10)19(16,17)14-11-5-4-6-12(15)9(11)2/h4-8,14-15H,3H2,1-2H3. The summed E-state index contributed by atoms with van der Waals surface area (Å²) in [4.78, 5) is 1.02. The molecule has 0 fully saturated rings. The SMILES string of the molecule is CCc1ccc(S(=O)(=O)Nc2cccc(O)c2C)s1. The Kier molecular flexibility index (Phi) is 3.82. The van der Waals surface area contributed by atoms with Gasteiger partial charge in [0.1, 0.15) is 9.96 Å². The van der Waals surface area contributed by atoms with Gasteiger partial charge in [-0.2, -0.15) is 0 Å². The lowest BCUT2D eigenvalue weighted by Gasteiger charge is -2.10. The second-order valence-electron chi connectivity index (χ2n) is 4.13. The van der Waals surface area contributed by atoms with Crippen molar-refractivity contribution in [2.24, 2.45) is 0 Å². The van der Waals surface area contributed by atoms with Gasteiger partial charge >= 0.3 is 0 Å². The number of benzene rings is 1. The summed E-state index contributed by atoms with van der Waals surface area (Å²) in [6.07, 6.45) is 0.811. The van der Waals surface area contributed by atoms with E-state index in [1.165, 1.54) is 17.4 Å². The summed E-state index contributed by atoms with van der Waals surface area (Å²) in [6, 6.07) is 8.17. The highest BCUT2D eigenvalue weighted by atomic mass is 32.2. The van der Waals surface area contributed by atoms with Crippen LogP contribution in [0.4, 0.5) is 5.69 Å². The van der Waals surface area contributed by atoms with Gasteiger partial charge in [0.25, 0.3) is 10.0 Å². The molecule has 102 valence electrons. The lowest BCUT2D eigenvalue weighted by atomic mass is 10.2. The fraction of sp³-hybridized carbons (Fsp3) is 0.231. The Labute approximate surface area is 116 Å². The number of thiophene rings is 1. The van der Waals surface area contributed by atoms with E-state index in [1.807, 2.05) is 13.0 Å². The summed E-state index contributed by atoms with van der Waals surface area (Å²) in [6.45, 7) is 3.65. The normalized spacial score (nSPS) is 11.5. The first-order valence-electron chi connectivity index (χ1n) is 5.84. The number of rotatable bonds is 4. The average molecular weight is 297 g/mol. The van der Waals surface area contributed by atoms with E-state index in [9.17, 15) is 13.5 Å². The van der Waals surface area contributed by atoms with Crippen LogP contribution in [0.1, 0.15) is 17.4 Å². The third-order valence-electron chi connectivity index (χ3n) is 2.80. The van der Waals surface area contributed by atoms with Crippen molar-refractivity contribution in [1.29, 1.82) is 0 Å². The molecule has 1 aromatic heterocycles. The molecule has 0 bridgehead atoms. The fourth-order valence-corrected chi connectivity index (χ4v) is 4.04. The van der Waals surface area contributed by atoms with Crippen LogP contribution in [0.2, 0.25) is 0 Å². The average Bonchev–Trinajstić information content (AvgIpc) is 2.84. The van der Waals surface area contributed by atoms with Crippen LogP contribution in [-0.2, 0) is 16.4 Å². The number of phenolic OH excluding ortho intramolecular Hbond substituents is 1. The topological polar surface area (TPSA) is 66.4 Å². The van der Waals surface area contributed by atoms with Gasteiger partial charge in [-0.3, -0.25) is 4.72 Å². The first kappa shape index (κ1) is 13.9. The van der Waals surface area contributed by atoms with Gasteiger partial charge in [0.05, 0.1) is 5.69 Å². The van der Waals surface area contributed by atoms with Crippen molar-refractivity contribution in [3.63, 3.8) is 0 Å². The molecule has 0 saturated carbocycles. The molecule has 19 heavy (non-hydrogen) atoms. The number of sulfonamides is 1. The third-order valence-corrected chi connectivity index (χ3v) is 5.89. The second-order valence-corrected chi connectivity index (χ2v) is 7.21. The first-order chi connectivity index (χ1) is 8.94. The van der Waals surface area contributed by atoms with Gasteiger partial charge in [0.15, 0.2) is 0 Å². The molecule has 2 rings (SSSR count). The highest BCUT2D eigenvalue weighted by Crippen LogP contribution is 2.28. The van der Waals surface area contributed by atoms with E-state index in [-0.39, 0.29) is 9.96 Å². The Morgan fingerprint density at radius 1 is 1.26 bits per heavy atom. The van der Waals surface area contributed by atoms with Gasteiger partial charge < -0.3 is 5.11 Å². The molecule has 0 saturated heterocycles. The van der Waals surface area contributed by atoms with E-state index in [2.05, 4.69) is 4.72 Å². The lowest BCUT2D eigenvalue weighted by Crippen LogP contribution is -2.12. The Balaban J connectivity index is 2.33. The quantitative estimate of drug-likeness (QED) is 0.911. The van der Waals surface area contributed by atoms with Crippen molar-refractivity contribution in [2.75, 3.05) is 4.72 Å². The second kappa shape index (κ2) is 5.22. The molecule has 0 spiro atoms. The minimum absolute atomic E-state index is 0.0700. The Morgan fingerprint density at radius 3 is 2.63 bits per heavy atom. The molecule has 4 nitrogen and oxygen atoms in total. The largest absolute Gasteiger partial charge is 0.508 e. The maximum atomic E-state index is 12.2. The number of anilines is 1. The molecule has 0 aliphatic carbocycles. The van der Waals surface area contributed by atoms with Crippen LogP contribution in [-0.4, -0.2) is 13.5 Å². The molecule has 6 heteroatoms.